The molecule has 0 radical (unpaired) electrons. The number of hydrogen-bond donors (Lipinski definition) is 1. The van der Waals surface area contributed by atoms with Crippen LogP contribution in [-0.2, 0) is 11.2 Å². The maximum Gasteiger partial charge on any atom is 0.0685 e. The van der Waals surface area contributed by atoms with Crippen LogP contribution in [0.15, 0.2) is 18.2 Å². The van der Waals surface area contributed by atoms with Gasteiger partial charge in [-0.25, -0.2) is 0 Å². The summed E-state index contributed by atoms with van der Waals surface area (Å²) in [6.07, 6.45) is 7.14. The Balaban J connectivity index is 1.68. The van der Waals surface area contributed by atoms with Crippen LogP contribution in [-0.4, -0.2) is 25.3 Å². The normalized spacial score (nSPS) is 25.6. The lowest BCUT2D eigenvalue weighted by molar-refractivity contribution is -0.146. The molecule has 1 aromatic carbocycles. The van der Waals surface area contributed by atoms with Crippen molar-refractivity contribution >= 4 is 23.2 Å². The molecule has 1 aromatic rings. The minimum absolute atomic E-state index is 0.204. The summed E-state index contributed by atoms with van der Waals surface area (Å²) in [7, 11) is 2.06. The molecule has 1 saturated heterocycles. The number of benzene rings is 1. The molecule has 1 N–H and O–H groups in total. The van der Waals surface area contributed by atoms with Crippen molar-refractivity contribution < 1.29 is 4.74 Å². The third-order valence-corrected chi connectivity index (χ3v) is 5.91. The highest BCUT2D eigenvalue weighted by Gasteiger charge is 2.44. The first kappa shape index (κ1) is 15.6. The van der Waals surface area contributed by atoms with Crippen molar-refractivity contribution in [3.05, 3.63) is 33.8 Å². The lowest BCUT2D eigenvalue weighted by Crippen LogP contribution is -2.50. The minimum atomic E-state index is 0.204. The third-order valence-electron chi connectivity index (χ3n) is 5.18. The summed E-state index contributed by atoms with van der Waals surface area (Å²) in [4.78, 5) is 0. The Kier molecular flexibility index (Phi) is 4.80. The Morgan fingerprint density at radius 3 is 2.76 bits per heavy atom. The molecule has 1 heterocycles. The zero-order chi connectivity index (χ0) is 14.9. The van der Waals surface area contributed by atoms with Gasteiger partial charge in [0.1, 0.15) is 0 Å². The van der Waals surface area contributed by atoms with E-state index >= 15 is 0 Å². The van der Waals surface area contributed by atoms with E-state index in [1.54, 1.807) is 0 Å². The Labute approximate surface area is 137 Å². The van der Waals surface area contributed by atoms with E-state index in [4.69, 9.17) is 27.9 Å². The van der Waals surface area contributed by atoms with Crippen molar-refractivity contribution in [2.75, 3.05) is 13.7 Å². The average Bonchev–Trinajstić information content (AvgIpc) is 2.47. The lowest BCUT2D eigenvalue weighted by atomic mass is 9.70. The second-order valence-corrected chi connectivity index (χ2v) is 7.30. The second kappa shape index (κ2) is 6.45. The Morgan fingerprint density at radius 1 is 1.33 bits per heavy atom. The van der Waals surface area contributed by atoms with Crippen LogP contribution in [0.4, 0.5) is 0 Å². The topological polar surface area (TPSA) is 21.3 Å². The van der Waals surface area contributed by atoms with Gasteiger partial charge in [0.25, 0.3) is 0 Å². The molecule has 0 aromatic heterocycles. The van der Waals surface area contributed by atoms with E-state index in [2.05, 4.69) is 18.4 Å². The van der Waals surface area contributed by atoms with Crippen LogP contribution in [0.5, 0.6) is 0 Å². The molecule has 1 aliphatic carbocycles. The molecule has 2 aliphatic rings. The summed E-state index contributed by atoms with van der Waals surface area (Å²) in [5.41, 5.74) is 1.45. The number of hydrogen-bond acceptors (Lipinski definition) is 2. The van der Waals surface area contributed by atoms with E-state index < -0.39 is 0 Å². The second-order valence-electron chi connectivity index (χ2n) is 6.49. The van der Waals surface area contributed by atoms with Crippen molar-refractivity contribution in [2.45, 2.75) is 50.2 Å². The van der Waals surface area contributed by atoms with Gasteiger partial charge in [-0.1, -0.05) is 29.3 Å². The molecule has 2 unspecified atom stereocenters. The van der Waals surface area contributed by atoms with E-state index in [1.807, 2.05) is 12.1 Å². The highest BCUT2D eigenvalue weighted by molar-refractivity contribution is 6.42. The first-order valence-electron chi connectivity index (χ1n) is 7.87. The maximum absolute atomic E-state index is 6.13. The van der Waals surface area contributed by atoms with Crippen LogP contribution >= 0.6 is 23.2 Å². The zero-order valence-corrected chi connectivity index (χ0v) is 14.0. The number of rotatable bonds is 4. The summed E-state index contributed by atoms with van der Waals surface area (Å²) in [5.74, 6) is 0.679. The van der Waals surface area contributed by atoms with E-state index in [9.17, 15) is 0 Å². The van der Waals surface area contributed by atoms with Crippen molar-refractivity contribution in [1.82, 2.24) is 5.32 Å². The van der Waals surface area contributed by atoms with Crippen molar-refractivity contribution in [3.8, 4) is 0 Å². The summed E-state index contributed by atoms with van der Waals surface area (Å²) in [5, 5.41) is 4.78. The molecule has 0 amide bonds. The van der Waals surface area contributed by atoms with Crippen molar-refractivity contribution in [3.63, 3.8) is 0 Å². The molecule has 1 saturated carbocycles. The average molecular weight is 328 g/mol. The molecule has 1 spiro atoms. The molecular weight excluding hydrogens is 305 g/mol. The Bertz CT molecular complexity index is 502. The Morgan fingerprint density at radius 2 is 2.14 bits per heavy atom. The zero-order valence-electron chi connectivity index (χ0n) is 12.5. The first-order chi connectivity index (χ1) is 10.1. The molecule has 21 heavy (non-hydrogen) atoms. The van der Waals surface area contributed by atoms with Crippen LogP contribution in [0.2, 0.25) is 10.0 Å². The summed E-state index contributed by atoms with van der Waals surface area (Å²) < 4.78 is 6.05. The molecule has 1 aliphatic heterocycles. The molecule has 116 valence electrons. The Hall–Kier alpha value is -0.280. The fraction of sp³-hybridized carbons (Fsp3) is 0.647. The van der Waals surface area contributed by atoms with Crippen LogP contribution in [0, 0.1) is 5.92 Å². The first-order valence-corrected chi connectivity index (χ1v) is 8.63. The van der Waals surface area contributed by atoms with E-state index in [0.29, 0.717) is 22.0 Å². The van der Waals surface area contributed by atoms with Gasteiger partial charge in [-0.15, -0.1) is 0 Å². The van der Waals surface area contributed by atoms with Gasteiger partial charge in [0.05, 0.1) is 15.6 Å². The van der Waals surface area contributed by atoms with E-state index in [0.717, 1.165) is 19.4 Å². The third kappa shape index (κ3) is 3.39. The molecule has 2 atom stereocenters. The molecular formula is C17H23Cl2NO. The van der Waals surface area contributed by atoms with E-state index in [-0.39, 0.29) is 5.60 Å². The van der Waals surface area contributed by atoms with Crippen LogP contribution in [0.3, 0.4) is 0 Å². The fourth-order valence-corrected chi connectivity index (χ4v) is 4.07. The standard InChI is InChI=1S/C17H23Cl2NO/c1-20-16(10-12-3-4-14(18)15(19)9-12)13-5-8-21-17(11-13)6-2-7-17/h3-4,9,13,16,20H,2,5-8,10-11H2,1H3. The van der Waals surface area contributed by atoms with Gasteiger partial charge in [-0.3, -0.25) is 0 Å². The maximum atomic E-state index is 6.13. The predicted octanol–water partition coefficient (Wildman–Crippen LogP) is 4.47. The molecule has 2 fully saturated rings. The summed E-state index contributed by atoms with van der Waals surface area (Å²) in [6, 6.07) is 6.44. The molecule has 4 heteroatoms. The monoisotopic (exact) mass is 327 g/mol. The van der Waals surface area contributed by atoms with Crippen LogP contribution in [0.1, 0.15) is 37.7 Å². The van der Waals surface area contributed by atoms with Gasteiger partial charge in [0, 0.05) is 12.6 Å². The predicted molar refractivity (Wildman–Crippen MR) is 88.3 cm³/mol. The lowest BCUT2D eigenvalue weighted by Gasteiger charge is -2.48. The summed E-state index contributed by atoms with van der Waals surface area (Å²) in [6.45, 7) is 0.907. The van der Waals surface area contributed by atoms with Gasteiger partial charge >= 0.3 is 0 Å². The number of halogens is 2. The molecule has 2 nitrogen and oxygen atoms in total. The number of likely N-dealkylation sites (N-methyl/N-ethyl adjacent to an activating group) is 1. The van der Waals surface area contributed by atoms with Gasteiger partial charge in [0.2, 0.25) is 0 Å². The van der Waals surface area contributed by atoms with Gasteiger partial charge in [-0.2, -0.15) is 0 Å². The van der Waals surface area contributed by atoms with Crippen molar-refractivity contribution in [2.24, 2.45) is 5.92 Å². The van der Waals surface area contributed by atoms with Crippen LogP contribution in [0.25, 0.3) is 0 Å². The van der Waals surface area contributed by atoms with E-state index in [1.165, 1.54) is 31.2 Å². The van der Waals surface area contributed by atoms with Gasteiger partial charge < -0.3 is 10.1 Å². The quantitative estimate of drug-likeness (QED) is 0.880. The van der Waals surface area contributed by atoms with Crippen LogP contribution < -0.4 is 5.32 Å². The highest BCUT2D eigenvalue weighted by atomic mass is 35.5. The summed E-state index contributed by atoms with van der Waals surface area (Å²) >= 11 is 12.1. The molecule has 3 rings (SSSR count). The number of nitrogens with one attached hydrogen (secondary N) is 1. The largest absolute Gasteiger partial charge is 0.375 e. The van der Waals surface area contributed by atoms with Crippen molar-refractivity contribution in [1.29, 1.82) is 0 Å². The fourth-order valence-electron chi connectivity index (χ4n) is 3.75. The smallest absolute Gasteiger partial charge is 0.0685 e. The van der Waals surface area contributed by atoms with Gasteiger partial charge in [0.15, 0.2) is 0 Å². The highest BCUT2D eigenvalue weighted by Crippen LogP contribution is 2.45. The van der Waals surface area contributed by atoms with Gasteiger partial charge in [-0.05, 0) is 69.2 Å². The SMILES string of the molecule is CNC(Cc1ccc(Cl)c(Cl)c1)C1CCOC2(CCC2)C1. The number of ether oxygens (including phenoxy) is 1. The minimum Gasteiger partial charge on any atom is -0.375 e. The molecule has 0 bridgehead atoms.